The van der Waals surface area contributed by atoms with Crippen LogP contribution in [0.1, 0.15) is 5.69 Å². The first kappa shape index (κ1) is 17.9. The molecule has 28 heavy (non-hydrogen) atoms. The summed E-state index contributed by atoms with van der Waals surface area (Å²) in [6, 6.07) is 22.2. The first-order chi connectivity index (χ1) is 13.8. The standard InChI is InChI=1S/C22H16N2O3S/c25-21(14-17-15-28-22(24-17)16-6-2-1-3-7-16)27-19-11-9-18(10-12-19)26-20-8-4-5-13-23-20/h1-13,15H,14H2. The molecule has 2 aromatic carbocycles. The maximum absolute atomic E-state index is 12.2. The number of hydrogen-bond acceptors (Lipinski definition) is 6. The highest BCUT2D eigenvalue weighted by atomic mass is 32.1. The van der Waals surface area contributed by atoms with Crippen molar-refractivity contribution in [1.29, 1.82) is 0 Å². The van der Waals surface area contributed by atoms with Gasteiger partial charge in [-0.3, -0.25) is 4.79 Å². The molecule has 0 saturated carbocycles. The van der Waals surface area contributed by atoms with Crippen molar-refractivity contribution < 1.29 is 14.3 Å². The second-order valence-corrected chi connectivity index (χ2v) is 6.76. The molecule has 0 aliphatic rings. The predicted octanol–water partition coefficient (Wildman–Crippen LogP) is 5.15. The molecule has 2 aromatic heterocycles. The zero-order chi connectivity index (χ0) is 19.2. The van der Waals surface area contributed by atoms with Gasteiger partial charge >= 0.3 is 5.97 Å². The van der Waals surface area contributed by atoms with Gasteiger partial charge in [-0.1, -0.05) is 36.4 Å². The Balaban J connectivity index is 1.34. The number of pyridine rings is 1. The SMILES string of the molecule is O=C(Cc1csc(-c2ccccc2)n1)Oc1ccc(Oc2ccccn2)cc1. The molecule has 4 rings (SSSR count). The Bertz CT molecular complexity index is 1050. The van der Waals surface area contributed by atoms with Crippen LogP contribution in [0.25, 0.3) is 10.6 Å². The van der Waals surface area contributed by atoms with E-state index in [0.717, 1.165) is 10.6 Å². The van der Waals surface area contributed by atoms with E-state index in [9.17, 15) is 4.79 Å². The summed E-state index contributed by atoms with van der Waals surface area (Å²) >= 11 is 1.51. The lowest BCUT2D eigenvalue weighted by molar-refractivity contribution is -0.133. The monoisotopic (exact) mass is 388 g/mol. The molecule has 0 unspecified atom stereocenters. The number of hydrogen-bond donors (Lipinski definition) is 0. The van der Waals surface area contributed by atoms with Crippen LogP contribution >= 0.6 is 11.3 Å². The maximum atomic E-state index is 12.2. The Kier molecular flexibility index (Phi) is 5.40. The fraction of sp³-hybridized carbons (Fsp3) is 0.0455. The molecule has 5 nitrogen and oxygen atoms in total. The smallest absolute Gasteiger partial charge is 0.317 e. The highest BCUT2D eigenvalue weighted by Gasteiger charge is 2.11. The van der Waals surface area contributed by atoms with Crippen molar-refractivity contribution >= 4 is 17.3 Å². The third-order valence-corrected chi connectivity index (χ3v) is 4.75. The summed E-state index contributed by atoms with van der Waals surface area (Å²) in [4.78, 5) is 20.8. The molecule has 0 radical (unpaired) electrons. The summed E-state index contributed by atoms with van der Waals surface area (Å²) in [6.07, 6.45) is 1.78. The van der Waals surface area contributed by atoms with E-state index in [0.29, 0.717) is 23.1 Å². The van der Waals surface area contributed by atoms with Crippen molar-refractivity contribution in [1.82, 2.24) is 9.97 Å². The second-order valence-electron chi connectivity index (χ2n) is 5.90. The lowest BCUT2D eigenvalue weighted by atomic mass is 10.2. The normalized spacial score (nSPS) is 10.4. The molecule has 0 atom stereocenters. The Labute approximate surface area is 166 Å². The van der Waals surface area contributed by atoms with E-state index in [1.165, 1.54) is 11.3 Å². The summed E-state index contributed by atoms with van der Waals surface area (Å²) in [5, 5.41) is 2.77. The molecule has 0 amide bonds. The highest BCUT2D eigenvalue weighted by Crippen LogP contribution is 2.25. The first-order valence-electron chi connectivity index (χ1n) is 8.66. The Morgan fingerprint density at radius 2 is 1.64 bits per heavy atom. The Morgan fingerprint density at radius 1 is 0.893 bits per heavy atom. The quantitative estimate of drug-likeness (QED) is 0.338. The molecule has 2 heterocycles. The van der Waals surface area contributed by atoms with E-state index in [1.807, 2.05) is 47.8 Å². The van der Waals surface area contributed by atoms with Gasteiger partial charge in [0.15, 0.2) is 0 Å². The van der Waals surface area contributed by atoms with Crippen LogP contribution in [0.3, 0.4) is 0 Å². The summed E-state index contributed by atoms with van der Waals surface area (Å²) in [7, 11) is 0. The average Bonchev–Trinajstić information content (AvgIpc) is 3.19. The van der Waals surface area contributed by atoms with Gasteiger partial charge in [-0.05, 0) is 30.3 Å². The molecule has 0 bridgehead atoms. The number of nitrogens with zero attached hydrogens (tertiary/aromatic N) is 2. The van der Waals surface area contributed by atoms with Gasteiger partial charge in [0, 0.05) is 23.2 Å². The third-order valence-electron chi connectivity index (χ3n) is 3.81. The zero-order valence-corrected chi connectivity index (χ0v) is 15.6. The van der Waals surface area contributed by atoms with Gasteiger partial charge in [-0.2, -0.15) is 0 Å². The van der Waals surface area contributed by atoms with E-state index in [2.05, 4.69) is 9.97 Å². The van der Waals surface area contributed by atoms with Crippen molar-refractivity contribution in [3.05, 3.63) is 90.1 Å². The number of esters is 1. The van der Waals surface area contributed by atoms with Gasteiger partial charge in [0.25, 0.3) is 0 Å². The van der Waals surface area contributed by atoms with Crippen LogP contribution in [0.4, 0.5) is 0 Å². The van der Waals surface area contributed by atoms with Gasteiger partial charge in [0.1, 0.15) is 16.5 Å². The summed E-state index contributed by atoms with van der Waals surface area (Å²) in [5.74, 6) is 1.22. The van der Waals surface area contributed by atoms with Crippen LogP contribution in [-0.4, -0.2) is 15.9 Å². The largest absolute Gasteiger partial charge is 0.439 e. The van der Waals surface area contributed by atoms with Crippen LogP contribution in [0.15, 0.2) is 84.4 Å². The molecular formula is C22H16N2O3S. The summed E-state index contributed by atoms with van der Waals surface area (Å²) in [5.41, 5.74) is 1.74. The molecule has 0 fully saturated rings. The third kappa shape index (κ3) is 4.61. The van der Waals surface area contributed by atoms with E-state index < -0.39 is 0 Å². The number of rotatable bonds is 6. The van der Waals surface area contributed by atoms with Crippen LogP contribution < -0.4 is 9.47 Å². The van der Waals surface area contributed by atoms with Gasteiger partial charge in [0.05, 0.1) is 12.1 Å². The minimum atomic E-state index is -0.358. The zero-order valence-electron chi connectivity index (χ0n) is 14.8. The van der Waals surface area contributed by atoms with Crippen LogP contribution in [0, 0.1) is 0 Å². The number of aromatic nitrogens is 2. The number of carbonyl (C=O) groups excluding carboxylic acids is 1. The van der Waals surface area contributed by atoms with Gasteiger partial charge < -0.3 is 9.47 Å². The molecule has 6 heteroatoms. The molecule has 138 valence electrons. The van der Waals surface area contributed by atoms with Gasteiger partial charge in [-0.15, -0.1) is 11.3 Å². The average molecular weight is 388 g/mol. The van der Waals surface area contributed by atoms with Crippen molar-refractivity contribution in [2.24, 2.45) is 0 Å². The maximum Gasteiger partial charge on any atom is 0.317 e. The predicted molar refractivity (Wildman–Crippen MR) is 108 cm³/mol. The number of carbonyl (C=O) groups is 1. The molecule has 4 aromatic rings. The number of ether oxygens (including phenoxy) is 2. The highest BCUT2D eigenvalue weighted by molar-refractivity contribution is 7.13. The molecule has 0 saturated heterocycles. The van der Waals surface area contributed by atoms with Crippen molar-refractivity contribution in [3.8, 4) is 28.0 Å². The Hall–Kier alpha value is -3.51. The fourth-order valence-corrected chi connectivity index (χ4v) is 3.35. The van der Waals surface area contributed by atoms with E-state index in [-0.39, 0.29) is 12.4 Å². The molecule has 0 spiro atoms. The van der Waals surface area contributed by atoms with Crippen LogP contribution in [-0.2, 0) is 11.2 Å². The molecular weight excluding hydrogens is 372 g/mol. The minimum absolute atomic E-state index is 0.121. The second kappa shape index (κ2) is 8.45. The minimum Gasteiger partial charge on any atom is -0.439 e. The van der Waals surface area contributed by atoms with Crippen LogP contribution in [0.5, 0.6) is 17.4 Å². The van der Waals surface area contributed by atoms with Crippen molar-refractivity contribution in [2.45, 2.75) is 6.42 Å². The van der Waals surface area contributed by atoms with Crippen LogP contribution in [0.2, 0.25) is 0 Å². The van der Waals surface area contributed by atoms with E-state index in [4.69, 9.17) is 9.47 Å². The van der Waals surface area contributed by atoms with Gasteiger partial charge in [-0.25, -0.2) is 9.97 Å². The van der Waals surface area contributed by atoms with E-state index >= 15 is 0 Å². The summed E-state index contributed by atoms with van der Waals surface area (Å²) in [6.45, 7) is 0. The van der Waals surface area contributed by atoms with E-state index in [1.54, 1.807) is 36.5 Å². The number of thiazole rings is 1. The lowest BCUT2D eigenvalue weighted by Gasteiger charge is -2.06. The van der Waals surface area contributed by atoms with Crippen molar-refractivity contribution in [3.63, 3.8) is 0 Å². The lowest BCUT2D eigenvalue weighted by Crippen LogP contribution is -2.11. The topological polar surface area (TPSA) is 61.3 Å². The molecule has 0 aliphatic carbocycles. The number of benzene rings is 2. The fourth-order valence-electron chi connectivity index (χ4n) is 2.52. The van der Waals surface area contributed by atoms with Crippen molar-refractivity contribution in [2.75, 3.05) is 0 Å². The molecule has 0 aliphatic heterocycles. The first-order valence-corrected chi connectivity index (χ1v) is 9.54. The Morgan fingerprint density at radius 3 is 2.39 bits per heavy atom. The molecule has 0 N–H and O–H groups in total. The van der Waals surface area contributed by atoms with Gasteiger partial charge in [0.2, 0.25) is 5.88 Å². The summed E-state index contributed by atoms with van der Waals surface area (Å²) < 4.78 is 11.0.